The standard InChI is InChI=1S/C16H18F14O3/c1-4-10(2,3)9(31)32-6-5-12(20,16(28,29)30)33-7-11(18,19)15(26,27)13(21,22)8(17)14(23,24)25/h8H,4-7H2,1-3H3. The van der Waals surface area contributed by atoms with E-state index in [1.54, 1.807) is 0 Å². The lowest BCUT2D eigenvalue weighted by Gasteiger charge is -2.36. The maximum atomic E-state index is 14.1. The molecule has 0 aromatic carbocycles. The van der Waals surface area contributed by atoms with E-state index < -0.39 is 73.2 Å². The normalized spacial score (nSPS) is 17.5. The lowest BCUT2D eigenvalue weighted by molar-refractivity contribution is -0.387. The zero-order valence-electron chi connectivity index (χ0n) is 16.9. The number of halogens is 14. The highest BCUT2D eigenvalue weighted by Crippen LogP contribution is 2.52. The fraction of sp³-hybridized carbons (Fsp3) is 0.938. The van der Waals surface area contributed by atoms with Gasteiger partial charge in [0, 0.05) is 0 Å². The molecule has 0 saturated heterocycles. The van der Waals surface area contributed by atoms with E-state index in [4.69, 9.17) is 0 Å². The smallest absolute Gasteiger partial charge is 0.448 e. The van der Waals surface area contributed by atoms with Crippen LogP contribution in [0.25, 0.3) is 0 Å². The van der Waals surface area contributed by atoms with Gasteiger partial charge in [0.1, 0.15) is 6.61 Å². The fourth-order valence-electron chi connectivity index (χ4n) is 1.81. The van der Waals surface area contributed by atoms with Gasteiger partial charge in [0.15, 0.2) is 0 Å². The predicted octanol–water partition coefficient (Wildman–Crippen LogP) is 6.41. The quantitative estimate of drug-likeness (QED) is 0.232. The van der Waals surface area contributed by atoms with Gasteiger partial charge in [-0.25, -0.2) is 8.78 Å². The second-order valence-corrected chi connectivity index (χ2v) is 7.44. The Labute approximate surface area is 177 Å². The lowest BCUT2D eigenvalue weighted by atomic mass is 9.91. The summed E-state index contributed by atoms with van der Waals surface area (Å²) in [6.45, 7) is -1.06. The highest BCUT2D eigenvalue weighted by atomic mass is 19.4. The molecule has 2 unspecified atom stereocenters. The number of esters is 1. The van der Waals surface area contributed by atoms with Crippen LogP contribution in [0.3, 0.4) is 0 Å². The molecule has 0 aliphatic rings. The molecule has 0 heterocycles. The first-order valence-corrected chi connectivity index (χ1v) is 8.71. The highest BCUT2D eigenvalue weighted by molar-refractivity contribution is 5.75. The summed E-state index contributed by atoms with van der Waals surface area (Å²) in [6.07, 6.45) is -20.9. The van der Waals surface area contributed by atoms with Crippen molar-refractivity contribution in [3.63, 3.8) is 0 Å². The first-order chi connectivity index (χ1) is 14.3. The number of ether oxygens (including phenoxy) is 2. The molecule has 0 aromatic heterocycles. The Morgan fingerprint density at radius 3 is 1.67 bits per heavy atom. The maximum Gasteiger partial charge on any atom is 0.448 e. The van der Waals surface area contributed by atoms with Crippen molar-refractivity contribution in [1.82, 2.24) is 0 Å². The minimum atomic E-state index is -7.26. The number of rotatable bonds is 11. The summed E-state index contributed by atoms with van der Waals surface area (Å²) in [5, 5.41) is 0. The number of alkyl halides is 14. The van der Waals surface area contributed by atoms with Crippen molar-refractivity contribution in [2.45, 2.75) is 75.8 Å². The molecule has 0 aliphatic carbocycles. The van der Waals surface area contributed by atoms with E-state index in [-0.39, 0.29) is 6.42 Å². The van der Waals surface area contributed by atoms with E-state index in [0.29, 0.717) is 0 Å². The van der Waals surface area contributed by atoms with E-state index in [0.717, 1.165) is 0 Å². The summed E-state index contributed by atoms with van der Waals surface area (Å²) in [5.74, 6) is -27.5. The Bertz CT molecular complexity index is 670. The monoisotopic (exact) mass is 524 g/mol. The van der Waals surface area contributed by atoms with Gasteiger partial charge in [0.2, 0.25) is 0 Å². The third-order valence-electron chi connectivity index (χ3n) is 4.48. The van der Waals surface area contributed by atoms with Crippen molar-refractivity contribution in [2.24, 2.45) is 5.41 Å². The van der Waals surface area contributed by atoms with Crippen molar-refractivity contribution >= 4 is 5.97 Å². The Morgan fingerprint density at radius 2 is 1.30 bits per heavy atom. The second kappa shape index (κ2) is 9.60. The van der Waals surface area contributed by atoms with Gasteiger partial charge in [-0.2, -0.15) is 52.7 Å². The molecule has 0 saturated carbocycles. The van der Waals surface area contributed by atoms with Crippen LogP contribution in [0.4, 0.5) is 61.5 Å². The third-order valence-corrected chi connectivity index (χ3v) is 4.48. The van der Waals surface area contributed by atoms with Crippen LogP contribution in [0.2, 0.25) is 0 Å². The minimum absolute atomic E-state index is 0.0887. The molecule has 0 fully saturated rings. The molecular formula is C16H18F14O3. The van der Waals surface area contributed by atoms with Gasteiger partial charge < -0.3 is 9.47 Å². The molecule has 0 amide bonds. The van der Waals surface area contributed by atoms with Crippen molar-refractivity contribution in [3.05, 3.63) is 0 Å². The molecule has 0 aromatic rings. The van der Waals surface area contributed by atoms with Gasteiger partial charge in [-0.1, -0.05) is 6.92 Å². The van der Waals surface area contributed by atoms with E-state index in [2.05, 4.69) is 9.47 Å². The number of hydrogen-bond acceptors (Lipinski definition) is 3. The molecule has 3 nitrogen and oxygen atoms in total. The Morgan fingerprint density at radius 1 is 0.848 bits per heavy atom. The number of carbonyl (C=O) groups is 1. The lowest BCUT2D eigenvalue weighted by Crippen LogP contribution is -2.63. The minimum Gasteiger partial charge on any atom is -0.465 e. The Kier molecular flexibility index (Phi) is 9.15. The Hall–Kier alpha value is -1.55. The van der Waals surface area contributed by atoms with Crippen LogP contribution in [0, 0.1) is 5.41 Å². The average molecular weight is 524 g/mol. The number of hydrogen-bond donors (Lipinski definition) is 0. The summed E-state index contributed by atoms with van der Waals surface area (Å²) in [5.41, 5.74) is -1.28. The van der Waals surface area contributed by atoms with Gasteiger partial charge in [0.05, 0.1) is 18.4 Å². The molecule has 0 spiro atoms. The van der Waals surface area contributed by atoms with Gasteiger partial charge in [-0.05, 0) is 20.3 Å². The van der Waals surface area contributed by atoms with E-state index in [1.807, 2.05) is 0 Å². The zero-order chi connectivity index (χ0) is 26.9. The molecule has 198 valence electrons. The van der Waals surface area contributed by atoms with Crippen molar-refractivity contribution in [2.75, 3.05) is 13.2 Å². The predicted molar refractivity (Wildman–Crippen MR) is 81.3 cm³/mol. The summed E-state index contributed by atoms with van der Waals surface area (Å²) in [7, 11) is 0. The topological polar surface area (TPSA) is 35.5 Å². The van der Waals surface area contributed by atoms with E-state index in [9.17, 15) is 66.3 Å². The summed E-state index contributed by atoms with van der Waals surface area (Å²) in [4.78, 5) is 11.6. The Balaban J connectivity index is 5.65. The first kappa shape index (κ1) is 31.4. The fourth-order valence-corrected chi connectivity index (χ4v) is 1.81. The van der Waals surface area contributed by atoms with Crippen LogP contribution in [0.5, 0.6) is 0 Å². The first-order valence-electron chi connectivity index (χ1n) is 8.71. The van der Waals surface area contributed by atoms with Crippen molar-refractivity contribution in [1.29, 1.82) is 0 Å². The molecule has 17 heteroatoms. The molecule has 0 N–H and O–H groups in total. The van der Waals surface area contributed by atoms with Crippen LogP contribution in [0.15, 0.2) is 0 Å². The third kappa shape index (κ3) is 6.74. The summed E-state index contributed by atoms with van der Waals surface area (Å²) in [6, 6.07) is 0. The number of carbonyl (C=O) groups excluding carboxylic acids is 1. The van der Waals surface area contributed by atoms with E-state index >= 15 is 0 Å². The van der Waals surface area contributed by atoms with Crippen LogP contribution < -0.4 is 0 Å². The van der Waals surface area contributed by atoms with Gasteiger partial charge in [-0.3, -0.25) is 4.79 Å². The molecule has 0 radical (unpaired) electrons. The SMILES string of the molecule is CCC(C)(C)C(=O)OCCC(F)(OCC(F)(F)C(F)(F)C(F)(F)C(F)C(F)(F)F)C(F)(F)F. The molecule has 2 atom stereocenters. The maximum absolute atomic E-state index is 14.1. The summed E-state index contributed by atoms with van der Waals surface area (Å²) >= 11 is 0. The van der Waals surface area contributed by atoms with Gasteiger partial charge >= 0.3 is 41.9 Å². The highest BCUT2D eigenvalue weighted by Gasteiger charge is 2.79. The van der Waals surface area contributed by atoms with Crippen LogP contribution in [-0.2, 0) is 14.3 Å². The average Bonchev–Trinajstić information content (AvgIpc) is 2.63. The summed E-state index contributed by atoms with van der Waals surface area (Å²) < 4.78 is 189. The molecule has 0 aliphatic heterocycles. The molecule has 0 bridgehead atoms. The molecular weight excluding hydrogens is 506 g/mol. The van der Waals surface area contributed by atoms with Crippen LogP contribution >= 0.6 is 0 Å². The van der Waals surface area contributed by atoms with Crippen molar-refractivity contribution < 1.29 is 75.7 Å². The van der Waals surface area contributed by atoms with Gasteiger partial charge in [-0.15, -0.1) is 0 Å². The zero-order valence-corrected chi connectivity index (χ0v) is 16.9. The van der Waals surface area contributed by atoms with E-state index in [1.165, 1.54) is 20.8 Å². The van der Waals surface area contributed by atoms with Crippen LogP contribution in [-0.4, -0.2) is 61.3 Å². The second-order valence-electron chi connectivity index (χ2n) is 7.44. The largest absolute Gasteiger partial charge is 0.465 e. The van der Waals surface area contributed by atoms with Crippen LogP contribution in [0.1, 0.15) is 33.6 Å². The van der Waals surface area contributed by atoms with Crippen molar-refractivity contribution in [3.8, 4) is 0 Å². The molecule has 33 heavy (non-hydrogen) atoms. The van der Waals surface area contributed by atoms with Gasteiger partial charge in [0.25, 0.3) is 6.17 Å². The molecule has 0 rings (SSSR count).